The average molecular weight is 617 g/mol. The Morgan fingerprint density at radius 2 is 1.97 bits per heavy atom. The van der Waals surface area contributed by atoms with E-state index in [-0.39, 0.29) is 33.2 Å². The molecule has 0 atom stereocenters. The summed E-state index contributed by atoms with van der Waals surface area (Å²) in [5, 5.41) is 0.197. The van der Waals surface area contributed by atoms with Gasteiger partial charge in [0, 0.05) is 22.2 Å². The number of halogens is 3. The standard InChI is InChI=1S/C21H15ClFIN4O3S2/c1-28(11-12-5-6-13(23)9-16(12)22)21(29)15-8-7-14(24)10-18(15)27-33(30,31)19-4-2-3-17-20(19)26-32-25-17/h2-10,27H,11H2,1H3. The van der Waals surface area contributed by atoms with E-state index in [1.165, 1.54) is 29.2 Å². The van der Waals surface area contributed by atoms with Crippen molar-refractivity contribution in [3.05, 3.63) is 80.1 Å². The molecular weight excluding hydrogens is 602 g/mol. The lowest BCUT2D eigenvalue weighted by atomic mass is 10.1. The van der Waals surface area contributed by atoms with Crippen LogP contribution in [0.4, 0.5) is 10.1 Å². The van der Waals surface area contributed by atoms with Crippen LogP contribution in [0.1, 0.15) is 15.9 Å². The van der Waals surface area contributed by atoms with E-state index in [0.29, 0.717) is 11.1 Å². The first kappa shape index (κ1) is 23.8. The van der Waals surface area contributed by atoms with Gasteiger partial charge in [0.15, 0.2) is 0 Å². The van der Waals surface area contributed by atoms with Gasteiger partial charge in [0.2, 0.25) is 0 Å². The van der Waals surface area contributed by atoms with E-state index in [1.54, 1.807) is 37.4 Å². The van der Waals surface area contributed by atoms with E-state index in [0.717, 1.165) is 15.3 Å². The van der Waals surface area contributed by atoms with Crippen molar-refractivity contribution in [1.82, 2.24) is 13.6 Å². The van der Waals surface area contributed by atoms with Crippen LogP contribution in [-0.2, 0) is 16.6 Å². The van der Waals surface area contributed by atoms with E-state index >= 15 is 0 Å². The maximum atomic E-state index is 13.3. The van der Waals surface area contributed by atoms with Crippen molar-refractivity contribution in [2.45, 2.75) is 11.4 Å². The fourth-order valence-electron chi connectivity index (χ4n) is 3.17. The van der Waals surface area contributed by atoms with Gasteiger partial charge in [-0.2, -0.15) is 8.75 Å². The molecule has 0 spiro atoms. The molecule has 4 aromatic rings. The summed E-state index contributed by atoms with van der Waals surface area (Å²) in [5.41, 5.74) is 1.58. The van der Waals surface area contributed by atoms with E-state index in [1.807, 2.05) is 22.6 Å². The molecule has 0 aliphatic rings. The molecule has 0 fully saturated rings. The topological polar surface area (TPSA) is 92.3 Å². The second-order valence-corrected chi connectivity index (χ2v) is 10.9. The van der Waals surface area contributed by atoms with Crippen LogP contribution >= 0.6 is 45.9 Å². The van der Waals surface area contributed by atoms with Crippen molar-refractivity contribution in [2.24, 2.45) is 0 Å². The number of hydrogen-bond donors (Lipinski definition) is 1. The Bertz CT molecular complexity index is 1480. The number of nitrogens with one attached hydrogen (secondary N) is 1. The number of rotatable bonds is 6. The van der Waals surface area contributed by atoms with Crippen LogP contribution in [-0.4, -0.2) is 35.0 Å². The Kier molecular flexibility index (Phi) is 6.84. The normalized spacial score (nSPS) is 11.5. The highest BCUT2D eigenvalue weighted by atomic mass is 127. The molecule has 0 bridgehead atoms. The van der Waals surface area contributed by atoms with Crippen LogP contribution in [0.2, 0.25) is 5.02 Å². The first-order valence-corrected chi connectivity index (χ1v) is 13.1. The number of sulfonamides is 1. The first-order valence-electron chi connectivity index (χ1n) is 9.39. The predicted molar refractivity (Wildman–Crippen MR) is 135 cm³/mol. The van der Waals surface area contributed by atoms with Crippen LogP contribution in [0.25, 0.3) is 11.0 Å². The molecule has 1 amide bonds. The van der Waals surface area contributed by atoms with Crippen LogP contribution < -0.4 is 4.72 Å². The minimum atomic E-state index is -4.06. The molecule has 0 radical (unpaired) electrons. The number of hydrogen-bond acceptors (Lipinski definition) is 6. The fourth-order valence-corrected chi connectivity index (χ4v) is 5.72. The molecule has 0 unspecified atom stereocenters. The molecule has 0 aliphatic carbocycles. The summed E-state index contributed by atoms with van der Waals surface area (Å²) >= 11 is 9.04. The molecule has 170 valence electrons. The Balaban J connectivity index is 1.66. The molecule has 0 saturated carbocycles. The summed E-state index contributed by atoms with van der Waals surface area (Å²) in [6.45, 7) is 0.111. The Hall–Kier alpha value is -2.35. The lowest BCUT2D eigenvalue weighted by Crippen LogP contribution is -2.28. The number of amides is 1. The number of carbonyl (C=O) groups excluding carboxylic acids is 1. The molecular formula is C21H15ClFIN4O3S2. The SMILES string of the molecule is CN(Cc1ccc(F)cc1Cl)C(=O)c1ccc(I)cc1NS(=O)(=O)c1cccc2nsnc12. The number of nitrogens with zero attached hydrogens (tertiary/aromatic N) is 3. The highest BCUT2D eigenvalue weighted by Gasteiger charge is 2.24. The zero-order valence-electron chi connectivity index (χ0n) is 16.9. The number of fused-ring (bicyclic) bond motifs is 1. The van der Waals surface area contributed by atoms with Crippen molar-refractivity contribution in [3.8, 4) is 0 Å². The van der Waals surface area contributed by atoms with E-state index in [2.05, 4.69) is 13.5 Å². The van der Waals surface area contributed by atoms with Gasteiger partial charge in [-0.05, 0) is 70.6 Å². The van der Waals surface area contributed by atoms with Gasteiger partial charge in [0.05, 0.1) is 23.0 Å². The summed E-state index contributed by atoms with van der Waals surface area (Å²) in [6, 6.07) is 13.5. The van der Waals surface area contributed by atoms with Crippen LogP contribution in [0.5, 0.6) is 0 Å². The van der Waals surface area contributed by atoms with Crippen LogP contribution in [0.15, 0.2) is 59.5 Å². The predicted octanol–water partition coefficient (Wildman–Crippen LogP) is 5.16. The maximum Gasteiger partial charge on any atom is 0.264 e. The van der Waals surface area contributed by atoms with Gasteiger partial charge in [-0.1, -0.05) is 23.7 Å². The molecule has 12 heteroatoms. The first-order chi connectivity index (χ1) is 15.7. The Labute approximate surface area is 212 Å². The third-order valence-corrected chi connectivity index (χ3v) is 7.73. The van der Waals surface area contributed by atoms with E-state index in [4.69, 9.17) is 11.6 Å². The summed E-state index contributed by atoms with van der Waals surface area (Å²) in [7, 11) is -2.51. The summed E-state index contributed by atoms with van der Waals surface area (Å²) in [5.74, 6) is -0.907. The molecule has 3 aromatic carbocycles. The van der Waals surface area contributed by atoms with Crippen LogP contribution in [0.3, 0.4) is 0 Å². The molecule has 4 rings (SSSR count). The minimum Gasteiger partial charge on any atom is -0.337 e. The Morgan fingerprint density at radius 1 is 1.18 bits per heavy atom. The van der Waals surface area contributed by atoms with E-state index in [9.17, 15) is 17.6 Å². The van der Waals surface area contributed by atoms with Gasteiger partial charge in [-0.15, -0.1) is 0 Å². The van der Waals surface area contributed by atoms with Gasteiger partial charge in [0.25, 0.3) is 15.9 Å². The molecule has 7 nitrogen and oxygen atoms in total. The Morgan fingerprint density at radius 3 is 2.73 bits per heavy atom. The maximum absolute atomic E-state index is 13.3. The van der Waals surface area contributed by atoms with Crippen molar-refractivity contribution < 1.29 is 17.6 Å². The summed E-state index contributed by atoms with van der Waals surface area (Å²) in [4.78, 5) is 14.6. The highest BCUT2D eigenvalue weighted by Crippen LogP contribution is 2.28. The van der Waals surface area contributed by atoms with Gasteiger partial charge >= 0.3 is 0 Å². The molecule has 0 saturated heterocycles. The second-order valence-electron chi connectivity index (χ2n) is 7.08. The van der Waals surface area contributed by atoms with Crippen molar-refractivity contribution in [2.75, 3.05) is 11.8 Å². The monoisotopic (exact) mass is 616 g/mol. The molecule has 33 heavy (non-hydrogen) atoms. The van der Waals surface area contributed by atoms with Gasteiger partial charge in [-0.25, -0.2) is 12.8 Å². The highest BCUT2D eigenvalue weighted by molar-refractivity contribution is 14.1. The van der Waals surface area contributed by atoms with Crippen LogP contribution in [0, 0.1) is 9.39 Å². The average Bonchev–Trinajstić information content (AvgIpc) is 3.24. The third-order valence-electron chi connectivity index (χ3n) is 4.76. The number of aromatic nitrogens is 2. The van der Waals surface area contributed by atoms with Gasteiger partial charge < -0.3 is 4.90 Å². The molecule has 1 N–H and O–H groups in total. The lowest BCUT2D eigenvalue weighted by molar-refractivity contribution is 0.0786. The quantitative estimate of drug-likeness (QED) is 0.302. The number of benzene rings is 3. The number of carbonyl (C=O) groups is 1. The zero-order valence-corrected chi connectivity index (χ0v) is 21.5. The summed E-state index contributed by atoms with van der Waals surface area (Å²) in [6.07, 6.45) is 0. The minimum absolute atomic E-state index is 0.0301. The van der Waals surface area contributed by atoms with Crippen molar-refractivity contribution in [1.29, 1.82) is 0 Å². The second kappa shape index (κ2) is 9.49. The molecule has 1 aromatic heterocycles. The zero-order chi connectivity index (χ0) is 23.8. The van der Waals surface area contributed by atoms with E-state index < -0.39 is 21.7 Å². The van der Waals surface area contributed by atoms with Crippen molar-refractivity contribution in [3.63, 3.8) is 0 Å². The van der Waals surface area contributed by atoms with Gasteiger partial charge in [-0.3, -0.25) is 9.52 Å². The number of anilines is 1. The lowest BCUT2D eigenvalue weighted by Gasteiger charge is -2.20. The summed E-state index contributed by atoms with van der Waals surface area (Å²) < 4.78 is 51.1. The van der Waals surface area contributed by atoms with Gasteiger partial charge in [0.1, 0.15) is 21.7 Å². The third kappa shape index (κ3) is 5.10. The molecule has 0 aliphatic heterocycles. The molecule has 1 heterocycles. The smallest absolute Gasteiger partial charge is 0.264 e. The fraction of sp³-hybridized carbons (Fsp3) is 0.0952. The largest absolute Gasteiger partial charge is 0.337 e. The van der Waals surface area contributed by atoms with Crippen molar-refractivity contribution >= 4 is 78.6 Å².